The predicted octanol–water partition coefficient (Wildman–Crippen LogP) is 3.63. The van der Waals surface area contributed by atoms with Gasteiger partial charge in [0.05, 0.1) is 6.33 Å². The van der Waals surface area contributed by atoms with Crippen LogP contribution in [0.1, 0.15) is 25.8 Å². The first-order valence-corrected chi connectivity index (χ1v) is 7.17. The smallest absolute Gasteiger partial charge is 0.0948 e. The summed E-state index contributed by atoms with van der Waals surface area (Å²) in [6.07, 6.45) is 8.22. The van der Waals surface area contributed by atoms with E-state index in [0.29, 0.717) is 12.0 Å². The molecule has 0 spiro atoms. The second kappa shape index (κ2) is 6.62. The number of nitrogens with zero attached hydrogens (tertiary/aromatic N) is 2. The summed E-state index contributed by atoms with van der Waals surface area (Å²) in [5.41, 5.74) is 0. The molecule has 0 N–H and O–H groups in total. The van der Waals surface area contributed by atoms with E-state index in [9.17, 15) is 0 Å². The lowest BCUT2D eigenvalue weighted by Crippen LogP contribution is -2.19. The molecule has 0 saturated carbocycles. The van der Waals surface area contributed by atoms with Gasteiger partial charge in [-0.2, -0.15) is 0 Å². The number of rotatable bonds is 6. The first kappa shape index (κ1) is 12.2. The van der Waals surface area contributed by atoms with Crippen molar-refractivity contribution in [2.45, 2.75) is 25.8 Å². The quantitative estimate of drug-likeness (QED) is 0.731. The Morgan fingerprint density at radius 2 is 2.21 bits per heavy atom. The molecule has 0 aromatic carbocycles. The topological polar surface area (TPSA) is 17.8 Å². The molecule has 14 heavy (non-hydrogen) atoms. The summed E-state index contributed by atoms with van der Waals surface area (Å²) >= 11 is 7.10. The summed E-state index contributed by atoms with van der Waals surface area (Å²) < 4.78 is 2.20. The Kier molecular flexibility index (Phi) is 5.78. The highest BCUT2D eigenvalue weighted by Crippen LogP contribution is 2.26. The van der Waals surface area contributed by atoms with E-state index in [0.717, 1.165) is 10.7 Å². The molecule has 2 nitrogen and oxygen atoms in total. The van der Waals surface area contributed by atoms with Crippen LogP contribution in [0.2, 0.25) is 0 Å². The number of hydrogen-bond donors (Lipinski definition) is 0. The second-order valence-electron chi connectivity index (χ2n) is 3.38. The van der Waals surface area contributed by atoms with Crippen molar-refractivity contribution in [3.63, 3.8) is 0 Å². The van der Waals surface area contributed by atoms with E-state index in [1.165, 1.54) is 12.8 Å². The summed E-state index contributed by atoms with van der Waals surface area (Å²) in [4.78, 5) is 4.10. The number of halogens is 2. The van der Waals surface area contributed by atoms with Crippen LogP contribution in [0.4, 0.5) is 0 Å². The van der Waals surface area contributed by atoms with E-state index < -0.39 is 0 Å². The molecule has 0 fully saturated rings. The second-order valence-corrected chi connectivity index (χ2v) is 4.82. The van der Waals surface area contributed by atoms with Gasteiger partial charge in [-0.05, 0) is 12.3 Å². The van der Waals surface area contributed by atoms with Crippen molar-refractivity contribution in [2.24, 2.45) is 5.92 Å². The maximum Gasteiger partial charge on any atom is 0.0948 e. The lowest BCUT2D eigenvalue weighted by atomic mass is 9.95. The number of alkyl halides is 2. The van der Waals surface area contributed by atoms with Crippen molar-refractivity contribution in [3.05, 3.63) is 18.7 Å². The standard InChI is InChI=1S/C10H16Br2N2/c1-2-9(3-4-11)10(7-12)14-6-5-13-8-14/h5-6,8-10H,2-4,7H2,1H3. The maximum atomic E-state index is 4.10. The van der Waals surface area contributed by atoms with E-state index in [2.05, 4.69) is 48.3 Å². The highest BCUT2D eigenvalue weighted by atomic mass is 79.9. The Morgan fingerprint density at radius 3 is 2.64 bits per heavy atom. The van der Waals surface area contributed by atoms with E-state index in [-0.39, 0.29) is 0 Å². The Labute approximate surface area is 102 Å². The lowest BCUT2D eigenvalue weighted by Gasteiger charge is -2.25. The van der Waals surface area contributed by atoms with Crippen LogP contribution in [0.15, 0.2) is 18.7 Å². The summed E-state index contributed by atoms with van der Waals surface area (Å²) in [7, 11) is 0. The molecule has 80 valence electrons. The highest BCUT2D eigenvalue weighted by molar-refractivity contribution is 9.09. The molecular weight excluding hydrogens is 308 g/mol. The normalized spacial score (nSPS) is 15.4. The summed E-state index contributed by atoms with van der Waals surface area (Å²) in [5, 5.41) is 2.07. The molecule has 1 aromatic heterocycles. The molecular formula is C10H16Br2N2. The van der Waals surface area contributed by atoms with Crippen LogP contribution in [0.25, 0.3) is 0 Å². The maximum absolute atomic E-state index is 4.10. The minimum absolute atomic E-state index is 0.528. The lowest BCUT2D eigenvalue weighted by molar-refractivity contribution is 0.342. The van der Waals surface area contributed by atoms with Gasteiger partial charge in [-0.15, -0.1) is 0 Å². The number of hydrogen-bond acceptors (Lipinski definition) is 1. The van der Waals surface area contributed by atoms with Gasteiger partial charge in [0.1, 0.15) is 0 Å². The summed E-state index contributed by atoms with van der Waals surface area (Å²) in [6, 6.07) is 0.528. The highest BCUT2D eigenvalue weighted by Gasteiger charge is 2.19. The zero-order valence-corrected chi connectivity index (χ0v) is 11.5. The molecule has 0 amide bonds. The average molecular weight is 324 g/mol. The van der Waals surface area contributed by atoms with E-state index >= 15 is 0 Å². The van der Waals surface area contributed by atoms with Gasteiger partial charge in [0.25, 0.3) is 0 Å². The summed E-state index contributed by atoms with van der Waals surface area (Å²) in [5.74, 6) is 0.711. The van der Waals surface area contributed by atoms with Gasteiger partial charge in [-0.1, -0.05) is 45.2 Å². The first-order chi connectivity index (χ1) is 6.83. The molecule has 4 heteroatoms. The zero-order valence-electron chi connectivity index (χ0n) is 8.37. The monoisotopic (exact) mass is 322 g/mol. The van der Waals surface area contributed by atoms with Crippen molar-refractivity contribution < 1.29 is 0 Å². The van der Waals surface area contributed by atoms with Crippen LogP contribution in [-0.2, 0) is 0 Å². The van der Waals surface area contributed by atoms with Crippen LogP contribution in [0.5, 0.6) is 0 Å². The molecule has 0 saturated heterocycles. The molecule has 1 aromatic rings. The Hall–Kier alpha value is 0.170. The third-order valence-corrected chi connectivity index (χ3v) is 3.74. The predicted molar refractivity (Wildman–Crippen MR) is 67.3 cm³/mol. The molecule has 1 rings (SSSR count). The molecule has 2 atom stereocenters. The minimum atomic E-state index is 0.528. The van der Waals surface area contributed by atoms with Crippen LogP contribution in [0, 0.1) is 5.92 Å². The molecule has 0 aliphatic rings. The van der Waals surface area contributed by atoms with Gasteiger partial charge < -0.3 is 4.57 Å². The van der Waals surface area contributed by atoms with E-state index in [4.69, 9.17) is 0 Å². The molecule has 0 radical (unpaired) electrons. The Bertz CT molecular complexity index is 236. The van der Waals surface area contributed by atoms with E-state index in [1.807, 2.05) is 18.7 Å². The SMILES string of the molecule is CCC(CCBr)C(CBr)n1ccnc1. The number of aromatic nitrogens is 2. The largest absolute Gasteiger partial charge is 0.333 e. The third-order valence-electron chi connectivity index (χ3n) is 2.61. The van der Waals surface area contributed by atoms with Gasteiger partial charge >= 0.3 is 0 Å². The fourth-order valence-electron chi connectivity index (χ4n) is 1.72. The zero-order chi connectivity index (χ0) is 10.4. The van der Waals surface area contributed by atoms with Crippen molar-refractivity contribution in [2.75, 3.05) is 10.7 Å². The van der Waals surface area contributed by atoms with Gasteiger partial charge in [0, 0.05) is 29.1 Å². The van der Waals surface area contributed by atoms with E-state index in [1.54, 1.807) is 0 Å². The first-order valence-electron chi connectivity index (χ1n) is 4.92. The fraction of sp³-hybridized carbons (Fsp3) is 0.700. The van der Waals surface area contributed by atoms with Crippen molar-refractivity contribution in [3.8, 4) is 0 Å². The van der Waals surface area contributed by atoms with Gasteiger partial charge in [-0.25, -0.2) is 4.98 Å². The molecule has 2 unspecified atom stereocenters. The van der Waals surface area contributed by atoms with Gasteiger partial charge in [0.2, 0.25) is 0 Å². The molecule has 0 aliphatic heterocycles. The van der Waals surface area contributed by atoms with Crippen LogP contribution >= 0.6 is 31.9 Å². The Balaban J connectivity index is 2.68. The van der Waals surface area contributed by atoms with Crippen LogP contribution < -0.4 is 0 Å². The van der Waals surface area contributed by atoms with Crippen LogP contribution in [-0.4, -0.2) is 20.2 Å². The average Bonchev–Trinajstić information content (AvgIpc) is 2.71. The fourth-order valence-corrected chi connectivity index (χ4v) is 3.17. The molecule has 0 aliphatic carbocycles. The minimum Gasteiger partial charge on any atom is -0.333 e. The summed E-state index contributed by atoms with van der Waals surface area (Å²) in [6.45, 7) is 2.25. The van der Waals surface area contributed by atoms with Crippen molar-refractivity contribution >= 4 is 31.9 Å². The van der Waals surface area contributed by atoms with Crippen molar-refractivity contribution in [1.82, 2.24) is 9.55 Å². The Morgan fingerprint density at radius 1 is 1.43 bits per heavy atom. The molecule has 1 heterocycles. The van der Waals surface area contributed by atoms with Gasteiger partial charge in [-0.3, -0.25) is 0 Å². The third kappa shape index (κ3) is 3.09. The van der Waals surface area contributed by atoms with Gasteiger partial charge in [0.15, 0.2) is 0 Å². The van der Waals surface area contributed by atoms with Crippen molar-refractivity contribution in [1.29, 1.82) is 0 Å². The van der Waals surface area contributed by atoms with Crippen LogP contribution in [0.3, 0.4) is 0 Å². The number of imidazole rings is 1. The molecule has 0 bridgehead atoms.